The molecule has 0 saturated carbocycles. The molecule has 2 aliphatic carbocycles. The normalized spacial score (nSPS) is 30.9. The van der Waals surface area contributed by atoms with Crippen LogP contribution in [0, 0.1) is 5.92 Å². The third-order valence-corrected chi connectivity index (χ3v) is 4.35. The number of benzene rings is 1. The van der Waals surface area contributed by atoms with Gasteiger partial charge in [0.1, 0.15) is 12.2 Å². The van der Waals surface area contributed by atoms with Gasteiger partial charge >= 0.3 is 0 Å². The Hall–Kier alpha value is -1.32. The molecule has 0 aliphatic heterocycles. The molecule has 0 unspecified atom stereocenters. The van der Waals surface area contributed by atoms with E-state index in [4.69, 9.17) is 5.73 Å². The second kappa shape index (κ2) is 4.11. The Labute approximate surface area is 107 Å². The largest absolute Gasteiger partial charge is 0.398 e. The van der Waals surface area contributed by atoms with Crippen molar-refractivity contribution in [2.45, 2.75) is 38.4 Å². The highest BCUT2D eigenvalue weighted by molar-refractivity contribution is 5.59. The summed E-state index contributed by atoms with van der Waals surface area (Å²) in [5, 5.41) is 21.1. The fourth-order valence-corrected chi connectivity index (χ4v) is 3.45. The average Bonchev–Trinajstić information content (AvgIpc) is 2.35. The first-order valence-corrected chi connectivity index (χ1v) is 6.58. The molecule has 3 atom stereocenters. The Balaban J connectivity index is 2.20. The van der Waals surface area contributed by atoms with Gasteiger partial charge in [0.2, 0.25) is 0 Å². The minimum atomic E-state index is -0.637. The van der Waals surface area contributed by atoms with Crippen LogP contribution in [0.4, 0.5) is 5.69 Å². The predicted octanol–water partition coefficient (Wildman–Crippen LogP) is 2.47. The highest BCUT2D eigenvalue weighted by Gasteiger charge is 2.37. The Morgan fingerprint density at radius 2 is 2.00 bits per heavy atom. The van der Waals surface area contributed by atoms with Crippen molar-refractivity contribution in [2.75, 3.05) is 5.73 Å². The highest BCUT2D eigenvalue weighted by Crippen LogP contribution is 2.49. The molecule has 4 N–H and O–H groups in total. The SMILES string of the molecule is C[C@@H]1CCCC2=C1[C@@H](O)c1cccc(N)c1[C@@H]2O. The number of hydrogen-bond donors (Lipinski definition) is 3. The Morgan fingerprint density at radius 1 is 1.22 bits per heavy atom. The smallest absolute Gasteiger partial charge is 0.103 e. The third kappa shape index (κ3) is 1.51. The maximum Gasteiger partial charge on any atom is 0.103 e. The van der Waals surface area contributed by atoms with Crippen LogP contribution in [-0.2, 0) is 0 Å². The summed E-state index contributed by atoms with van der Waals surface area (Å²) in [6.45, 7) is 2.13. The van der Waals surface area contributed by atoms with E-state index in [1.165, 1.54) is 0 Å². The molecule has 18 heavy (non-hydrogen) atoms. The molecule has 0 spiro atoms. The quantitative estimate of drug-likeness (QED) is 0.486. The number of rotatable bonds is 0. The summed E-state index contributed by atoms with van der Waals surface area (Å²) in [6.07, 6.45) is 1.79. The molecule has 0 fully saturated rings. The van der Waals surface area contributed by atoms with Crippen molar-refractivity contribution in [1.29, 1.82) is 0 Å². The van der Waals surface area contributed by atoms with Gasteiger partial charge < -0.3 is 15.9 Å². The molecule has 0 saturated heterocycles. The summed E-state index contributed by atoms with van der Waals surface area (Å²) in [5.41, 5.74) is 10.0. The number of hydrogen-bond acceptors (Lipinski definition) is 3. The van der Waals surface area contributed by atoms with Crippen molar-refractivity contribution in [2.24, 2.45) is 5.92 Å². The lowest BCUT2D eigenvalue weighted by atomic mass is 9.71. The lowest BCUT2D eigenvalue weighted by molar-refractivity contribution is 0.148. The van der Waals surface area contributed by atoms with Crippen molar-refractivity contribution in [3.8, 4) is 0 Å². The second-order valence-corrected chi connectivity index (χ2v) is 5.43. The summed E-state index contributed by atoms with van der Waals surface area (Å²) < 4.78 is 0. The molecular formula is C15H19NO2. The van der Waals surface area contributed by atoms with Crippen LogP contribution in [0.15, 0.2) is 29.3 Å². The van der Waals surface area contributed by atoms with E-state index in [1.807, 2.05) is 12.1 Å². The van der Waals surface area contributed by atoms with Crippen LogP contribution < -0.4 is 5.73 Å². The zero-order chi connectivity index (χ0) is 12.9. The number of nitrogen functional groups attached to an aromatic ring is 1. The van der Waals surface area contributed by atoms with E-state index in [0.29, 0.717) is 17.2 Å². The molecule has 0 radical (unpaired) electrons. The Bertz CT molecular complexity index is 521. The summed E-state index contributed by atoms with van der Waals surface area (Å²) in [5.74, 6) is 0.341. The van der Waals surface area contributed by atoms with E-state index < -0.39 is 12.2 Å². The lowest BCUT2D eigenvalue weighted by Crippen LogP contribution is -2.26. The maximum absolute atomic E-state index is 10.5. The van der Waals surface area contributed by atoms with E-state index in [0.717, 1.165) is 36.0 Å². The standard InChI is InChI=1S/C15H19NO2/c1-8-4-2-5-9-12(8)14(17)10-6-3-7-11(16)13(10)15(9)18/h3,6-8,14-15,17-18H,2,4-5,16H2,1H3/t8-,14+,15-/m1/s1. The van der Waals surface area contributed by atoms with Crippen molar-refractivity contribution >= 4 is 5.69 Å². The van der Waals surface area contributed by atoms with E-state index >= 15 is 0 Å². The maximum atomic E-state index is 10.5. The second-order valence-electron chi connectivity index (χ2n) is 5.43. The van der Waals surface area contributed by atoms with E-state index in [-0.39, 0.29) is 0 Å². The van der Waals surface area contributed by atoms with Crippen LogP contribution >= 0.6 is 0 Å². The minimum absolute atomic E-state index is 0.341. The molecule has 0 aromatic heterocycles. The number of nitrogens with two attached hydrogens (primary N) is 1. The molecule has 3 heteroatoms. The molecule has 0 bridgehead atoms. The van der Waals surface area contributed by atoms with Gasteiger partial charge in [0.05, 0.1) is 0 Å². The van der Waals surface area contributed by atoms with Gasteiger partial charge in [0, 0.05) is 11.3 Å². The molecular weight excluding hydrogens is 226 g/mol. The van der Waals surface area contributed by atoms with Crippen LogP contribution in [0.1, 0.15) is 49.5 Å². The van der Waals surface area contributed by atoms with Crippen molar-refractivity contribution in [3.63, 3.8) is 0 Å². The molecule has 1 aromatic rings. The molecule has 2 aliphatic rings. The van der Waals surface area contributed by atoms with Gasteiger partial charge in [0.15, 0.2) is 0 Å². The number of aliphatic hydroxyl groups excluding tert-OH is 2. The van der Waals surface area contributed by atoms with E-state index in [2.05, 4.69) is 6.92 Å². The van der Waals surface area contributed by atoms with Gasteiger partial charge in [-0.2, -0.15) is 0 Å². The van der Waals surface area contributed by atoms with Gasteiger partial charge in [-0.05, 0) is 48.0 Å². The summed E-state index contributed by atoms with van der Waals surface area (Å²) in [6, 6.07) is 5.49. The molecule has 1 aromatic carbocycles. The summed E-state index contributed by atoms with van der Waals surface area (Å²) in [7, 11) is 0. The fraction of sp³-hybridized carbons (Fsp3) is 0.467. The molecule has 3 rings (SSSR count). The van der Waals surface area contributed by atoms with Gasteiger partial charge in [-0.1, -0.05) is 19.1 Å². The monoisotopic (exact) mass is 245 g/mol. The zero-order valence-electron chi connectivity index (χ0n) is 10.6. The number of aliphatic hydroxyl groups is 2. The van der Waals surface area contributed by atoms with Crippen molar-refractivity contribution in [1.82, 2.24) is 0 Å². The molecule has 0 heterocycles. The van der Waals surface area contributed by atoms with E-state index in [1.54, 1.807) is 6.07 Å². The molecule has 0 amide bonds. The number of anilines is 1. The topological polar surface area (TPSA) is 66.5 Å². The van der Waals surface area contributed by atoms with Gasteiger partial charge in [-0.25, -0.2) is 0 Å². The third-order valence-electron chi connectivity index (χ3n) is 4.35. The fourth-order valence-electron chi connectivity index (χ4n) is 3.45. The van der Waals surface area contributed by atoms with E-state index in [9.17, 15) is 10.2 Å². The van der Waals surface area contributed by atoms with Crippen LogP contribution in [0.25, 0.3) is 0 Å². The first kappa shape index (κ1) is 11.8. The zero-order valence-corrected chi connectivity index (χ0v) is 10.6. The molecule has 3 nitrogen and oxygen atoms in total. The van der Waals surface area contributed by atoms with Gasteiger partial charge in [0.25, 0.3) is 0 Å². The van der Waals surface area contributed by atoms with Crippen LogP contribution in [0.3, 0.4) is 0 Å². The van der Waals surface area contributed by atoms with Crippen molar-refractivity contribution in [3.05, 3.63) is 40.5 Å². The minimum Gasteiger partial charge on any atom is -0.398 e. The first-order chi connectivity index (χ1) is 8.61. The average molecular weight is 245 g/mol. The first-order valence-electron chi connectivity index (χ1n) is 6.58. The van der Waals surface area contributed by atoms with Crippen LogP contribution in [-0.4, -0.2) is 10.2 Å². The predicted molar refractivity (Wildman–Crippen MR) is 70.8 cm³/mol. The van der Waals surface area contributed by atoms with Crippen LogP contribution in [0.5, 0.6) is 0 Å². The lowest BCUT2D eigenvalue weighted by Gasteiger charge is -2.38. The Morgan fingerprint density at radius 3 is 2.78 bits per heavy atom. The van der Waals surface area contributed by atoms with Gasteiger partial charge in [-0.3, -0.25) is 0 Å². The number of fused-ring (bicyclic) bond motifs is 1. The summed E-state index contributed by atoms with van der Waals surface area (Å²) >= 11 is 0. The van der Waals surface area contributed by atoms with Crippen molar-refractivity contribution < 1.29 is 10.2 Å². The Kier molecular flexibility index (Phi) is 2.68. The highest BCUT2D eigenvalue weighted by atomic mass is 16.3. The van der Waals surface area contributed by atoms with Gasteiger partial charge in [-0.15, -0.1) is 0 Å². The van der Waals surface area contributed by atoms with Crippen LogP contribution in [0.2, 0.25) is 0 Å². The summed E-state index contributed by atoms with van der Waals surface area (Å²) in [4.78, 5) is 0. The molecule has 96 valence electrons.